The molecule has 0 atom stereocenters. The molecule has 0 saturated heterocycles. The first kappa shape index (κ1) is 11.4. The van der Waals surface area contributed by atoms with Gasteiger partial charge < -0.3 is 5.11 Å². The molecule has 0 unspecified atom stereocenters. The van der Waals surface area contributed by atoms with Gasteiger partial charge in [-0.05, 0) is 12.2 Å². The molecule has 0 aliphatic heterocycles. The van der Waals surface area contributed by atoms with Crippen molar-refractivity contribution in [1.29, 1.82) is 0 Å². The SMILES string of the molecule is C=CC(=O)C=C.CC(=O)O. The van der Waals surface area contributed by atoms with E-state index in [1.807, 2.05) is 0 Å². The van der Waals surface area contributed by atoms with E-state index in [1.165, 1.54) is 12.2 Å². The van der Waals surface area contributed by atoms with E-state index in [-0.39, 0.29) is 5.78 Å². The molecular weight excluding hydrogens is 132 g/mol. The van der Waals surface area contributed by atoms with Gasteiger partial charge >= 0.3 is 0 Å². The molecule has 0 radical (unpaired) electrons. The van der Waals surface area contributed by atoms with Gasteiger partial charge in [0.1, 0.15) is 0 Å². The van der Waals surface area contributed by atoms with Crippen LogP contribution in [0.5, 0.6) is 0 Å². The van der Waals surface area contributed by atoms with Crippen LogP contribution in [0.15, 0.2) is 25.3 Å². The second-order valence-corrected chi connectivity index (χ2v) is 1.33. The molecule has 0 saturated carbocycles. The quantitative estimate of drug-likeness (QED) is 0.585. The number of carboxylic acids is 1. The van der Waals surface area contributed by atoms with E-state index in [0.29, 0.717) is 0 Å². The molecule has 0 fully saturated rings. The number of carbonyl (C=O) groups is 2. The Hall–Kier alpha value is -1.38. The maximum Gasteiger partial charge on any atom is 0.300 e. The third-order valence-corrected chi connectivity index (χ3v) is 0.402. The zero-order valence-electron chi connectivity index (χ0n) is 5.83. The van der Waals surface area contributed by atoms with Gasteiger partial charge in [-0.15, -0.1) is 0 Å². The largest absolute Gasteiger partial charge is 0.481 e. The van der Waals surface area contributed by atoms with Gasteiger partial charge in [0.15, 0.2) is 5.78 Å². The van der Waals surface area contributed by atoms with Gasteiger partial charge in [-0.1, -0.05) is 13.2 Å². The highest BCUT2D eigenvalue weighted by Gasteiger charge is 1.75. The Kier molecular flexibility index (Phi) is 8.70. The molecule has 0 aromatic rings. The summed E-state index contributed by atoms with van der Waals surface area (Å²) in [5, 5.41) is 7.42. The van der Waals surface area contributed by atoms with Gasteiger partial charge in [-0.25, -0.2) is 0 Å². The van der Waals surface area contributed by atoms with Crippen molar-refractivity contribution in [2.24, 2.45) is 0 Å². The van der Waals surface area contributed by atoms with Crippen LogP contribution in [-0.4, -0.2) is 16.9 Å². The fourth-order valence-electron chi connectivity index (χ4n) is 0.0833. The minimum Gasteiger partial charge on any atom is -0.481 e. The van der Waals surface area contributed by atoms with E-state index in [4.69, 9.17) is 9.90 Å². The molecule has 10 heavy (non-hydrogen) atoms. The van der Waals surface area contributed by atoms with Gasteiger partial charge in [-0.3, -0.25) is 9.59 Å². The highest BCUT2D eigenvalue weighted by atomic mass is 16.4. The molecule has 56 valence electrons. The first-order valence-corrected chi connectivity index (χ1v) is 2.53. The average molecular weight is 142 g/mol. The van der Waals surface area contributed by atoms with E-state index in [1.54, 1.807) is 0 Å². The van der Waals surface area contributed by atoms with Crippen molar-refractivity contribution in [3.63, 3.8) is 0 Å². The summed E-state index contributed by atoms with van der Waals surface area (Å²) in [5.41, 5.74) is 0. The predicted octanol–water partition coefficient (Wildman–Crippen LogP) is 1.02. The van der Waals surface area contributed by atoms with E-state index >= 15 is 0 Å². The zero-order valence-corrected chi connectivity index (χ0v) is 5.83. The molecule has 0 rings (SSSR count). The summed E-state index contributed by atoms with van der Waals surface area (Å²) in [6.07, 6.45) is 2.43. The van der Waals surface area contributed by atoms with Crippen LogP contribution in [0.3, 0.4) is 0 Å². The van der Waals surface area contributed by atoms with Crippen molar-refractivity contribution in [3.05, 3.63) is 25.3 Å². The van der Waals surface area contributed by atoms with E-state index in [9.17, 15) is 4.79 Å². The third-order valence-electron chi connectivity index (χ3n) is 0.402. The van der Waals surface area contributed by atoms with Crippen molar-refractivity contribution in [1.82, 2.24) is 0 Å². The number of ketones is 1. The summed E-state index contributed by atoms with van der Waals surface area (Å²) >= 11 is 0. The number of carbonyl (C=O) groups excluding carboxylic acids is 1. The lowest BCUT2D eigenvalue weighted by molar-refractivity contribution is -0.134. The highest BCUT2D eigenvalue weighted by Crippen LogP contribution is 1.68. The monoisotopic (exact) mass is 142 g/mol. The number of allylic oxidation sites excluding steroid dienone is 2. The predicted molar refractivity (Wildman–Crippen MR) is 38.7 cm³/mol. The fourth-order valence-corrected chi connectivity index (χ4v) is 0.0833. The first-order valence-electron chi connectivity index (χ1n) is 2.53. The number of hydrogen-bond acceptors (Lipinski definition) is 2. The smallest absolute Gasteiger partial charge is 0.300 e. The molecule has 0 aromatic heterocycles. The van der Waals surface area contributed by atoms with Gasteiger partial charge in [-0.2, -0.15) is 0 Å². The van der Waals surface area contributed by atoms with Crippen LogP contribution in [-0.2, 0) is 9.59 Å². The first-order chi connectivity index (χ1) is 4.54. The van der Waals surface area contributed by atoms with Crippen LogP contribution in [0, 0.1) is 0 Å². The number of rotatable bonds is 2. The molecule has 3 heteroatoms. The van der Waals surface area contributed by atoms with Crippen molar-refractivity contribution >= 4 is 11.8 Å². The molecule has 0 aliphatic rings. The van der Waals surface area contributed by atoms with Gasteiger partial charge in [0.25, 0.3) is 5.97 Å². The van der Waals surface area contributed by atoms with Gasteiger partial charge in [0.2, 0.25) is 0 Å². The Morgan fingerprint density at radius 3 is 1.50 bits per heavy atom. The van der Waals surface area contributed by atoms with Gasteiger partial charge in [0.05, 0.1) is 0 Å². The average Bonchev–Trinajstić information content (AvgIpc) is 1.85. The minimum absolute atomic E-state index is 0.130. The third kappa shape index (κ3) is 30.5. The zero-order chi connectivity index (χ0) is 8.57. The number of carboxylic acid groups (broad SMARTS) is 1. The summed E-state index contributed by atoms with van der Waals surface area (Å²) in [7, 11) is 0. The molecule has 3 nitrogen and oxygen atoms in total. The van der Waals surface area contributed by atoms with Gasteiger partial charge in [0, 0.05) is 6.92 Å². The molecule has 0 amide bonds. The molecular formula is C7H10O3. The molecule has 0 aliphatic carbocycles. The van der Waals surface area contributed by atoms with E-state index in [0.717, 1.165) is 6.92 Å². The molecule has 1 N–H and O–H groups in total. The Bertz CT molecular complexity index is 133. The second kappa shape index (κ2) is 7.62. The van der Waals surface area contributed by atoms with E-state index < -0.39 is 5.97 Å². The summed E-state index contributed by atoms with van der Waals surface area (Å²) in [6, 6.07) is 0. The summed E-state index contributed by atoms with van der Waals surface area (Å²) in [6.45, 7) is 7.50. The molecule has 0 spiro atoms. The molecule has 0 heterocycles. The van der Waals surface area contributed by atoms with E-state index in [2.05, 4.69) is 13.2 Å². The van der Waals surface area contributed by atoms with Crippen LogP contribution in [0.25, 0.3) is 0 Å². The van der Waals surface area contributed by atoms with Crippen molar-refractivity contribution in [3.8, 4) is 0 Å². The normalized spacial score (nSPS) is 6.50. The maximum absolute atomic E-state index is 9.94. The summed E-state index contributed by atoms with van der Waals surface area (Å²) in [5.74, 6) is -0.963. The Balaban J connectivity index is 0. The summed E-state index contributed by atoms with van der Waals surface area (Å²) < 4.78 is 0. The lowest BCUT2D eigenvalue weighted by atomic mass is 10.4. The van der Waals surface area contributed by atoms with Crippen LogP contribution < -0.4 is 0 Å². The van der Waals surface area contributed by atoms with Crippen LogP contribution in [0.2, 0.25) is 0 Å². The lowest BCUT2D eigenvalue weighted by Gasteiger charge is -1.68. The van der Waals surface area contributed by atoms with Crippen LogP contribution in [0.1, 0.15) is 6.92 Å². The molecule has 0 bridgehead atoms. The topological polar surface area (TPSA) is 54.4 Å². The lowest BCUT2D eigenvalue weighted by Crippen LogP contribution is -1.78. The standard InChI is InChI=1S/C5H6O.C2H4O2/c1-3-5(6)4-2;1-2(3)4/h3-4H,1-2H2;1H3,(H,3,4). The van der Waals surface area contributed by atoms with Crippen molar-refractivity contribution in [2.45, 2.75) is 6.92 Å². The fraction of sp³-hybridized carbons (Fsp3) is 0.143. The minimum atomic E-state index is -0.833. The Morgan fingerprint density at radius 2 is 1.50 bits per heavy atom. The van der Waals surface area contributed by atoms with Crippen molar-refractivity contribution < 1.29 is 14.7 Å². The number of hydrogen-bond donors (Lipinski definition) is 1. The summed E-state index contributed by atoms with van der Waals surface area (Å²) in [4.78, 5) is 18.9. The highest BCUT2D eigenvalue weighted by molar-refractivity contribution is 5.98. The Labute approximate surface area is 59.7 Å². The number of aliphatic carboxylic acids is 1. The molecule has 0 aromatic carbocycles. The van der Waals surface area contributed by atoms with Crippen LogP contribution >= 0.6 is 0 Å². The maximum atomic E-state index is 9.94. The van der Waals surface area contributed by atoms with Crippen LogP contribution in [0.4, 0.5) is 0 Å². The second-order valence-electron chi connectivity index (χ2n) is 1.33. The Morgan fingerprint density at radius 1 is 1.30 bits per heavy atom. The van der Waals surface area contributed by atoms with Crippen molar-refractivity contribution in [2.75, 3.05) is 0 Å².